The second-order valence-electron chi connectivity index (χ2n) is 10.5. The van der Waals surface area contributed by atoms with Crippen LogP contribution in [0.15, 0.2) is 82.4 Å². The van der Waals surface area contributed by atoms with Crippen LogP contribution in [0.2, 0.25) is 0 Å². The van der Waals surface area contributed by atoms with E-state index < -0.39 is 28.9 Å². The van der Waals surface area contributed by atoms with Crippen molar-refractivity contribution in [1.82, 2.24) is 14.0 Å². The van der Waals surface area contributed by atoms with Gasteiger partial charge in [0.15, 0.2) is 0 Å². The molecule has 1 aliphatic rings. The Balaban J connectivity index is 1.48. The van der Waals surface area contributed by atoms with Crippen molar-refractivity contribution in [3.8, 4) is 6.07 Å². The lowest BCUT2D eigenvalue weighted by Gasteiger charge is -2.37. The molecule has 3 aromatic carbocycles. The van der Waals surface area contributed by atoms with E-state index in [9.17, 15) is 18.4 Å². The van der Waals surface area contributed by atoms with Crippen LogP contribution in [0, 0.1) is 29.9 Å². The van der Waals surface area contributed by atoms with Gasteiger partial charge in [0.05, 0.1) is 24.7 Å². The number of nitrogens with two attached hydrogens (primary N) is 1. The number of anilines is 1. The average molecular weight is 571 g/mol. The van der Waals surface area contributed by atoms with Crippen LogP contribution in [0.3, 0.4) is 0 Å². The lowest BCUT2D eigenvalue weighted by molar-refractivity contribution is 0.249. The van der Waals surface area contributed by atoms with E-state index >= 15 is 0 Å². The van der Waals surface area contributed by atoms with Gasteiger partial charge in [0.1, 0.15) is 17.3 Å². The maximum Gasteiger partial charge on any atom is 0.331 e. The molecular weight excluding hydrogens is 538 g/mol. The number of nitrogens with zero attached hydrogens (tertiary/aromatic N) is 5. The van der Waals surface area contributed by atoms with Gasteiger partial charge in [0.2, 0.25) is 0 Å². The number of nitriles is 1. The van der Waals surface area contributed by atoms with Crippen molar-refractivity contribution < 1.29 is 8.78 Å². The third kappa shape index (κ3) is 6.03. The highest BCUT2D eigenvalue weighted by atomic mass is 19.1. The predicted molar refractivity (Wildman–Crippen MR) is 157 cm³/mol. The molecule has 2 heterocycles. The number of hydrogen-bond donors (Lipinski definition) is 1. The Morgan fingerprint density at radius 2 is 1.50 bits per heavy atom. The van der Waals surface area contributed by atoms with E-state index in [0.29, 0.717) is 49.7 Å². The fraction of sp³-hybridized carbons (Fsp3) is 0.281. The van der Waals surface area contributed by atoms with Gasteiger partial charge in [0.25, 0.3) is 5.56 Å². The van der Waals surface area contributed by atoms with Crippen LogP contribution >= 0.6 is 0 Å². The molecule has 4 aromatic rings. The molecule has 10 heteroatoms. The van der Waals surface area contributed by atoms with Crippen molar-refractivity contribution >= 4 is 5.69 Å². The lowest BCUT2D eigenvalue weighted by atomic mass is 10.1. The smallest absolute Gasteiger partial charge is 0.331 e. The van der Waals surface area contributed by atoms with Crippen molar-refractivity contribution in [3.63, 3.8) is 0 Å². The van der Waals surface area contributed by atoms with Gasteiger partial charge in [-0.25, -0.2) is 13.6 Å². The minimum absolute atomic E-state index is 0.0899. The molecule has 1 aromatic heterocycles. The van der Waals surface area contributed by atoms with Gasteiger partial charge >= 0.3 is 5.69 Å². The molecule has 0 bridgehead atoms. The Hall–Kier alpha value is -4.59. The second kappa shape index (κ2) is 12.5. The first-order chi connectivity index (χ1) is 20.3. The van der Waals surface area contributed by atoms with E-state index in [1.807, 2.05) is 47.4 Å². The summed E-state index contributed by atoms with van der Waals surface area (Å²) in [5.74, 6) is -1.53. The summed E-state index contributed by atoms with van der Waals surface area (Å²) in [4.78, 5) is 31.8. The molecule has 0 spiro atoms. The highest BCUT2D eigenvalue weighted by Gasteiger charge is 2.26. The Morgan fingerprint density at radius 1 is 0.857 bits per heavy atom. The second-order valence-corrected chi connectivity index (χ2v) is 10.5. The summed E-state index contributed by atoms with van der Waals surface area (Å²) < 4.78 is 31.7. The number of rotatable bonds is 8. The van der Waals surface area contributed by atoms with Crippen LogP contribution in [0.25, 0.3) is 0 Å². The fourth-order valence-electron chi connectivity index (χ4n) is 5.41. The fourth-order valence-corrected chi connectivity index (χ4v) is 5.41. The average Bonchev–Trinajstić information content (AvgIpc) is 3.00. The molecule has 1 saturated heterocycles. The molecule has 5 rings (SSSR count). The Morgan fingerprint density at radius 3 is 2.12 bits per heavy atom. The molecule has 0 amide bonds. The number of aromatic nitrogens is 2. The van der Waals surface area contributed by atoms with Gasteiger partial charge in [-0.1, -0.05) is 48.5 Å². The maximum atomic E-state index is 14.7. The summed E-state index contributed by atoms with van der Waals surface area (Å²) in [7, 11) is 0. The van der Waals surface area contributed by atoms with Gasteiger partial charge < -0.3 is 10.6 Å². The molecule has 42 heavy (non-hydrogen) atoms. The summed E-state index contributed by atoms with van der Waals surface area (Å²) in [6.07, 6.45) is 0. The van der Waals surface area contributed by atoms with Crippen LogP contribution in [0.5, 0.6) is 0 Å². The molecule has 0 saturated carbocycles. The van der Waals surface area contributed by atoms with E-state index in [4.69, 9.17) is 11.0 Å². The molecule has 1 atom stereocenters. The monoisotopic (exact) mass is 570 g/mol. The Kier molecular flexibility index (Phi) is 8.61. The van der Waals surface area contributed by atoms with E-state index in [1.165, 1.54) is 10.6 Å². The van der Waals surface area contributed by atoms with E-state index in [1.54, 1.807) is 19.1 Å². The molecule has 0 unspecified atom stereocenters. The van der Waals surface area contributed by atoms with Crippen molar-refractivity contribution in [2.24, 2.45) is 5.73 Å². The number of piperazine rings is 1. The molecule has 1 fully saturated rings. The van der Waals surface area contributed by atoms with Crippen molar-refractivity contribution in [2.45, 2.75) is 32.6 Å². The van der Waals surface area contributed by atoms with Crippen LogP contribution in [0.1, 0.15) is 34.0 Å². The van der Waals surface area contributed by atoms with Gasteiger partial charge in [-0.2, -0.15) is 5.26 Å². The normalized spacial score (nSPS) is 14.5. The topological polar surface area (TPSA) is 100 Å². The zero-order valence-electron chi connectivity index (χ0n) is 23.3. The van der Waals surface area contributed by atoms with Gasteiger partial charge in [-0.3, -0.25) is 18.8 Å². The van der Waals surface area contributed by atoms with E-state index in [0.717, 1.165) is 27.8 Å². The zero-order chi connectivity index (χ0) is 29.8. The minimum atomic E-state index is -0.766. The standard InChI is InChI=1S/C32H32F2N6O2/c1-22-30(38-16-14-37(15-17-38)19-24-12-10-23(18-35)11-13-24)31(41)40(21-29(36)25-6-3-2-4-7-25)32(42)39(22)20-26-27(33)8-5-9-28(26)34/h2-13,29H,14-17,19-21,36H2,1H3/t29-/m1/s1. The zero-order valence-corrected chi connectivity index (χ0v) is 23.3. The van der Waals surface area contributed by atoms with Gasteiger partial charge in [-0.15, -0.1) is 0 Å². The lowest BCUT2D eigenvalue weighted by Crippen LogP contribution is -2.51. The van der Waals surface area contributed by atoms with Crippen LogP contribution in [-0.2, 0) is 19.6 Å². The first-order valence-electron chi connectivity index (χ1n) is 13.8. The molecule has 0 aliphatic carbocycles. The highest BCUT2D eigenvalue weighted by Crippen LogP contribution is 2.21. The van der Waals surface area contributed by atoms with Gasteiger partial charge in [-0.05, 0) is 42.3 Å². The van der Waals surface area contributed by atoms with Crippen LogP contribution < -0.4 is 21.9 Å². The van der Waals surface area contributed by atoms with E-state index in [2.05, 4.69) is 11.0 Å². The first kappa shape index (κ1) is 28.9. The highest BCUT2D eigenvalue weighted by molar-refractivity contribution is 5.50. The maximum absolute atomic E-state index is 14.7. The van der Waals surface area contributed by atoms with Gasteiger partial charge in [0, 0.05) is 50.0 Å². The van der Waals surface area contributed by atoms with E-state index in [-0.39, 0.29) is 18.7 Å². The molecular formula is C32H32F2N6O2. The first-order valence-corrected chi connectivity index (χ1v) is 13.8. The summed E-state index contributed by atoms with van der Waals surface area (Å²) in [6, 6.07) is 21.6. The summed E-state index contributed by atoms with van der Waals surface area (Å²) >= 11 is 0. The molecule has 8 nitrogen and oxygen atoms in total. The quantitative estimate of drug-likeness (QED) is 0.348. The molecule has 216 valence electrons. The minimum Gasteiger partial charge on any atom is -0.363 e. The van der Waals surface area contributed by atoms with Crippen molar-refractivity contribution in [3.05, 3.63) is 133 Å². The third-order valence-corrected chi connectivity index (χ3v) is 7.82. The molecule has 1 aliphatic heterocycles. The summed E-state index contributed by atoms with van der Waals surface area (Å²) in [5, 5.41) is 9.05. The number of halogens is 2. The summed E-state index contributed by atoms with van der Waals surface area (Å²) in [5.41, 5.74) is 8.14. The summed E-state index contributed by atoms with van der Waals surface area (Å²) in [6.45, 7) is 4.23. The predicted octanol–water partition coefficient (Wildman–Crippen LogP) is 3.54. The van der Waals surface area contributed by atoms with Crippen LogP contribution in [0.4, 0.5) is 14.5 Å². The Labute approximate surface area is 242 Å². The molecule has 0 radical (unpaired) electrons. The Bertz CT molecular complexity index is 1700. The number of hydrogen-bond acceptors (Lipinski definition) is 6. The van der Waals surface area contributed by atoms with Crippen molar-refractivity contribution in [1.29, 1.82) is 5.26 Å². The SMILES string of the molecule is Cc1c(N2CCN(Cc3ccc(C#N)cc3)CC2)c(=O)n(C[C@@H](N)c2ccccc2)c(=O)n1Cc1c(F)cccc1F. The molecule has 2 N–H and O–H groups in total. The third-order valence-electron chi connectivity index (χ3n) is 7.82. The largest absolute Gasteiger partial charge is 0.363 e. The number of benzene rings is 3. The van der Waals surface area contributed by atoms with Crippen LogP contribution in [-0.4, -0.2) is 40.2 Å². The van der Waals surface area contributed by atoms with Crippen molar-refractivity contribution in [2.75, 3.05) is 31.1 Å².